The van der Waals surface area contributed by atoms with Crippen molar-refractivity contribution < 1.29 is 23.9 Å². The van der Waals surface area contributed by atoms with Gasteiger partial charge in [0.25, 0.3) is 0 Å². The maximum absolute atomic E-state index is 13.3. The molecule has 0 aliphatic heterocycles. The highest BCUT2D eigenvalue weighted by atomic mass is 16.6. The molecule has 214 valence electrons. The molecule has 2 rings (SSSR count). The van der Waals surface area contributed by atoms with Crippen molar-refractivity contribution in [3.05, 3.63) is 97.1 Å². The molecule has 9 nitrogen and oxygen atoms in total. The van der Waals surface area contributed by atoms with E-state index in [-0.39, 0.29) is 32.0 Å². The minimum absolute atomic E-state index is 0.0584. The second-order valence-electron chi connectivity index (χ2n) is 10.2. The molecule has 0 radical (unpaired) electrons. The summed E-state index contributed by atoms with van der Waals surface area (Å²) in [6.07, 6.45) is 2.41. The van der Waals surface area contributed by atoms with E-state index in [2.05, 4.69) is 23.8 Å². The molecule has 0 aliphatic carbocycles. The summed E-state index contributed by atoms with van der Waals surface area (Å²) >= 11 is 0. The van der Waals surface area contributed by atoms with Crippen LogP contribution in [0, 0.1) is 0 Å². The number of carbonyl (C=O) groups excluding carboxylic acids is 4. The second-order valence-corrected chi connectivity index (χ2v) is 10.2. The van der Waals surface area contributed by atoms with Gasteiger partial charge in [-0.1, -0.05) is 72.8 Å². The standard InChI is InChI=1S/C31H40N4O5/c1-6-14-26(35(19-7-2)28(37)21-33-30(39)40-31(3,4)5)29(38)32-20-27(36)34(22-24-15-10-8-11-16-24)23-25-17-12-9-13-18-25/h6-13,15-18,26H,1-2,14,19-23H2,3-5H3,(H,32,38)(H,33,39). The molecule has 0 saturated heterocycles. The van der Waals surface area contributed by atoms with Crippen LogP contribution in [0.4, 0.5) is 4.79 Å². The summed E-state index contributed by atoms with van der Waals surface area (Å²) in [4.78, 5) is 54.5. The maximum Gasteiger partial charge on any atom is 0.408 e. The predicted octanol–water partition coefficient (Wildman–Crippen LogP) is 3.82. The van der Waals surface area contributed by atoms with Crippen LogP contribution in [-0.2, 0) is 32.2 Å². The van der Waals surface area contributed by atoms with Gasteiger partial charge in [-0.05, 0) is 38.3 Å². The fourth-order valence-corrected chi connectivity index (χ4v) is 3.87. The largest absolute Gasteiger partial charge is 0.444 e. The number of amides is 4. The number of alkyl carbamates (subject to hydrolysis) is 1. The van der Waals surface area contributed by atoms with Crippen molar-refractivity contribution in [3.8, 4) is 0 Å². The molecule has 2 aromatic rings. The van der Waals surface area contributed by atoms with E-state index >= 15 is 0 Å². The van der Waals surface area contributed by atoms with Crippen molar-refractivity contribution in [3.63, 3.8) is 0 Å². The van der Waals surface area contributed by atoms with Gasteiger partial charge in [0, 0.05) is 19.6 Å². The van der Waals surface area contributed by atoms with E-state index in [9.17, 15) is 19.2 Å². The first-order valence-electron chi connectivity index (χ1n) is 13.2. The number of rotatable bonds is 14. The molecule has 1 unspecified atom stereocenters. The van der Waals surface area contributed by atoms with Crippen LogP contribution in [0.3, 0.4) is 0 Å². The first-order valence-corrected chi connectivity index (χ1v) is 13.2. The Morgan fingerprint density at radius 2 is 1.35 bits per heavy atom. The zero-order valence-electron chi connectivity index (χ0n) is 23.6. The number of ether oxygens (including phenoxy) is 1. The highest BCUT2D eigenvalue weighted by Gasteiger charge is 2.29. The molecule has 0 spiro atoms. The lowest BCUT2D eigenvalue weighted by Crippen LogP contribution is -2.53. The van der Waals surface area contributed by atoms with Crippen LogP contribution in [-0.4, -0.2) is 64.9 Å². The number of carbonyl (C=O) groups is 4. The highest BCUT2D eigenvalue weighted by Crippen LogP contribution is 2.12. The fraction of sp³-hybridized carbons (Fsp3) is 0.355. The van der Waals surface area contributed by atoms with Gasteiger partial charge in [0.05, 0.1) is 6.54 Å². The maximum atomic E-state index is 13.3. The molecule has 9 heteroatoms. The number of benzene rings is 2. The Labute approximate surface area is 236 Å². The molecule has 1 atom stereocenters. The second kappa shape index (κ2) is 15.9. The van der Waals surface area contributed by atoms with Gasteiger partial charge >= 0.3 is 6.09 Å². The summed E-state index contributed by atoms with van der Waals surface area (Å²) in [6, 6.07) is 18.3. The van der Waals surface area contributed by atoms with Gasteiger partial charge < -0.3 is 25.2 Å². The van der Waals surface area contributed by atoms with Crippen LogP contribution in [0.25, 0.3) is 0 Å². The fourth-order valence-electron chi connectivity index (χ4n) is 3.87. The van der Waals surface area contributed by atoms with Gasteiger partial charge in [-0.3, -0.25) is 14.4 Å². The van der Waals surface area contributed by atoms with Gasteiger partial charge in [0.2, 0.25) is 17.7 Å². The Bertz CT molecular complexity index is 1100. The highest BCUT2D eigenvalue weighted by molar-refractivity contribution is 5.92. The van der Waals surface area contributed by atoms with Gasteiger partial charge in [0.15, 0.2) is 0 Å². The minimum Gasteiger partial charge on any atom is -0.444 e. The first-order chi connectivity index (χ1) is 19.0. The van der Waals surface area contributed by atoms with Gasteiger partial charge in [0.1, 0.15) is 18.2 Å². The average molecular weight is 549 g/mol. The Balaban J connectivity index is 2.10. The molecule has 0 aromatic heterocycles. The van der Waals surface area contributed by atoms with E-state index in [1.54, 1.807) is 25.7 Å². The summed E-state index contributed by atoms with van der Waals surface area (Å²) in [6.45, 7) is 12.7. The predicted molar refractivity (Wildman–Crippen MR) is 155 cm³/mol. The number of hydrogen-bond donors (Lipinski definition) is 2. The third-order valence-electron chi connectivity index (χ3n) is 5.70. The van der Waals surface area contributed by atoms with Gasteiger partial charge in [-0.25, -0.2) is 4.79 Å². The van der Waals surface area contributed by atoms with Gasteiger partial charge in [-0.15, -0.1) is 13.2 Å². The average Bonchev–Trinajstić information content (AvgIpc) is 2.92. The lowest BCUT2D eigenvalue weighted by Gasteiger charge is -2.30. The zero-order chi connectivity index (χ0) is 29.5. The van der Waals surface area contributed by atoms with E-state index in [1.807, 2.05) is 60.7 Å². The lowest BCUT2D eigenvalue weighted by molar-refractivity contribution is -0.140. The first kappa shape index (κ1) is 31.8. The Hall–Kier alpha value is -4.40. The summed E-state index contributed by atoms with van der Waals surface area (Å²) in [5.74, 6) is -1.29. The molecule has 40 heavy (non-hydrogen) atoms. The molecule has 0 bridgehead atoms. The Morgan fingerprint density at radius 3 is 1.82 bits per heavy atom. The van der Waals surface area contributed by atoms with Crippen molar-refractivity contribution in [1.29, 1.82) is 0 Å². The van der Waals surface area contributed by atoms with E-state index in [1.165, 1.54) is 17.1 Å². The van der Waals surface area contributed by atoms with Crippen molar-refractivity contribution >= 4 is 23.8 Å². The smallest absolute Gasteiger partial charge is 0.408 e. The number of hydrogen-bond acceptors (Lipinski definition) is 5. The summed E-state index contributed by atoms with van der Waals surface area (Å²) < 4.78 is 5.18. The van der Waals surface area contributed by atoms with Crippen molar-refractivity contribution in [1.82, 2.24) is 20.4 Å². The van der Waals surface area contributed by atoms with Crippen LogP contribution >= 0.6 is 0 Å². The van der Waals surface area contributed by atoms with Crippen LogP contribution < -0.4 is 10.6 Å². The molecule has 2 aromatic carbocycles. The molecule has 0 aliphatic rings. The van der Waals surface area contributed by atoms with E-state index in [0.717, 1.165) is 11.1 Å². The van der Waals surface area contributed by atoms with Crippen LogP contribution in [0.1, 0.15) is 38.3 Å². The van der Waals surface area contributed by atoms with E-state index in [4.69, 9.17) is 4.74 Å². The zero-order valence-corrected chi connectivity index (χ0v) is 23.6. The topological polar surface area (TPSA) is 108 Å². The molecule has 0 fully saturated rings. The summed E-state index contributed by atoms with van der Waals surface area (Å²) in [7, 11) is 0. The molecular weight excluding hydrogens is 508 g/mol. The monoisotopic (exact) mass is 548 g/mol. The number of nitrogens with zero attached hydrogens (tertiary/aromatic N) is 2. The quantitative estimate of drug-likeness (QED) is 0.349. The normalized spacial score (nSPS) is 11.5. The van der Waals surface area contributed by atoms with Gasteiger partial charge in [-0.2, -0.15) is 0 Å². The molecule has 4 amide bonds. The molecular formula is C31H40N4O5. The Morgan fingerprint density at radius 1 is 0.825 bits per heavy atom. The molecule has 2 N–H and O–H groups in total. The third-order valence-corrected chi connectivity index (χ3v) is 5.70. The summed E-state index contributed by atoms with van der Waals surface area (Å²) in [5.41, 5.74) is 1.20. The molecule has 0 heterocycles. The van der Waals surface area contributed by atoms with Crippen molar-refractivity contribution in [2.45, 2.75) is 51.9 Å². The third kappa shape index (κ3) is 11.1. The minimum atomic E-state index is -0.951. The van der Waals surface area contributed by atoms with E-state index < -0.39 is 29.6 Å². The van der Waals surface area contributed by atoms with Crippen molar-refractivity contribution in [2.24, 2.45) is 0 Å². The SMILES string of the molecule is C=CCC(C(=O)NCC(=O)N(Cc1ccccc1)Cc1ccccc1)N(CC=C)C(=O)CNC(=O)OC(C)(C)C. The lowest BCUT2D eigenvalue weighted by atomic mass is 10.1. The number of nitrogens with one attached hydrogen (secondary N) is 2. The van der Waals surface area contributed by atoms with E-state index in [0.29, 0.717) is 13.1 Å². The van der Waals surface area contributed by atoms with Crippen LogP contribution in [0.15, 0.2) is 86.0 Å². The Kier molecular flexibility index (Phi) is 12.6. The van der Waals surface area contributed by atoms with Crippen LogP contribution in [0.5, 0.6) is 0 Å². The van der Waals surface area contributed by atoms with Crippen molar-refractivity contribution in [2.75, 3.05) is 19.6 Å². The molecule has 0 saturated carbocycles. The van der Waals surface area contributed by atoms with Crippen LogP contribution in [0.2, 0.25) is 0 Å². The summed E-state index contributed by atoms with van der Waals surface area (Å²) in [5, 5.41) is 5.11.